The molecule has 0 aliphatic heterocycles. The van der Waals surface area contributed by atoms with Gasteiger partial charge in [0.05, 0.1) is 11.4 Å². The average molecular weight is 589 g/mol. The van der Waals surface area contributed by atoms with Crippen LogP contribution >= 0.6 is 0 Å². The number of benzene rings is 7. The van der Waals surface area contributed by atoms with Crippen LogP contribution in [-0.4, -0.2) is 0 Å². The van der Waals surface area contributed by atoms with Crippen molar-refractivity contribution in [3.05, 3.63) is 192 Å². The van der Waals surface area contributed by atoms with Crippen molar-refractivity contribution in [3.63, 3.8) is 0 Å². The Balaban J connectivity index is 1.19. The van der Waals surface area contributed by atoms with E-state index in [0.717, 1.165) is 35.6 Å². The number of anilines is 6. The van der Waals surface area contributed by atoms with Crippen LogP contribution < -0.4 is 9.80 Å². The molecule has 0 fully saturated rings. The minimum Gasteiger partial charge on any atom is -0.310 e. The fourth-order valence-corrected chi connectivity index (χ4v) is 7.47. The van der Waals surface area contributed by atoms with E-state index >= 15 is 0 Å². The molecule has 7 aromatic rings. The minimum atomic E-state index is 0.970. The molecule has 0 N–H and O–H groups in total. The summed E-state index contributed by atoms with van der Waals surface area (Å²) in [5.41, 5.74) is 17.8. The molecule has 2 aliphatic carbocycles. The largest absolute Gasteiger partial charge is 0.310 e. The summed E-state index contributed by atoms with van der Waals surface area (Å²) in [6, 6.07) is 61.7. The highest BCUT2D eigenvalue weighted by Crippen LogP contribution is 2.49. The summed E-state index contributed by atoms with van der Waals surface area (Å²) >= 11 is 0. The van der Waals surface area contributed by atoms with Crippen molar-refractivity contribution in [2.45, 2.75) is 12.8 Å². The van der Waals surface area contributed by atoms with Gasteiger partial charge in [0.15, 0.2) is 0 Å². The molecule has 0 spiro atoms. The van der Waals surface area contributed by atoms with E-state index in [2.05, 4.69) is 180 Å². The maximum Gasteiger partial charge on any atom is 0.0543 e. The zero-order valence-corrected chi connectivity index (χ0v) is 25.5. The van der Waals surface area contributed by atoms with Crippen LogP contribution in [0.2, 0.25) is 0 Å². The zero-order chi connectivity index (χ0) is 30.5. The Labute approximate surface area is 270 Å². The normalized spacial score (nSPS) is 12.2. The number of rotatable bonds is 6. The lowest BCUT2D eigenvalue weighted by molar-refractivity contribution is 1.23. The van der Waals surface area contributed by atoms with Crippen LogP contribution in [0, 0.1) is 0 Å². The Bertz CT molecular complexity index is 2040. The predicted molar refractivity (Wildman–Crippen MR) is 192 cm³/mol. The molecule has 0 amide bonds. The summed E-state index contributed by atoms with van der Waals surface area (Å²) in [4.78, 5) is 4.82. The topological polar surface area (TPSA) is 6.48 Å². The second kappa shape index (κ2) is 10.9. The summed E-state index contributed by atoms with van der Waals surface area (Å²) in [5, 5.41) is 0. The van der Waals surface area contributed by atoms with Gasteiger partial charge >= 0.3 is 0 Å². The summed E-state index contributed by atoms with van der Waals surface area (Å²) < 4.78 is 0. The Morgan fingerprint density at radius 1 is 0.283 bits per heavy atom. The fourth-order valence-electron chi connectivity index (χ4n) is 7.47. The zero-order valence-electron chi connectivity index (χ0n) is 25.5. The van der Waals surface area contributed by atoms with Gasteiger partial charge in [-0.2, -0.15) is 0 Å². The molecule has 0 unspecified atom stereocenters. The highest BCUT2D eigenvalue weighted by Gasteiger charge is 2.27. The third kappa shape index (κ3) is 4.34. The molecule has 2 heteroatoms. The number of fused-ring (bicyclic) bond motifs is 6. The van der Waals surface area contributed by atoms with E-state index in [9.17, 15) is 0 Å². The molecule has 0 saturated heterocycles. The monoisotopic (exact) mass is 588 g/mol. The third-order valence-electron chi connectivity index (χ3n) is 9.47. The van der Waals surface area contributed by atoms with Gasteiger partial charge in [0.2, 0.25) is 0 Å². The van der Waals surface area contributed by atoms with Crippen molar-refractivity contribution >= 4 is 34.1 Å². The SMILES string of the molecule is c1ccc(N(c2ccc(N(c3ccccc3)c3cccc4c3-c3ccccc3C4)cc2)c2cccc3c2-c2ccccc2C3)cc1. The maximum absolute atomic E-state index is 2.41. The number of hydrogen-bond acceptors (Lipinski definition) is 2. The molecule has 0 bridgehead atoms. The first-order valence-corrected chi connectivity index (χ1v) is 16.0. The van der Waals surface area contributed by atoms with Crippen LogP contribution in [0.1, 0.15) is 22.3 Å². The van der Waals surface area contributed by atoms with E-state index in [4.69, 9.17) is 0 Å². The molecule has 9 rings (SSSR count). The van der Waals surface area contributed by atoms with Crippen LogP contribution in [0.4, 0.5) is 34.1 Å². The van der Waals surface area contributed by atoms with Gasteiger partial charge in [-0.25, -0.2) is 0 Å². The number of hydrogen-bond donors (Lipinski definition) is 0. The van der Waals surface area contributed by atoms with Crippen LogP contribution in [0.15, 0.2) is 170 Å². The third-order valence-corrected chi connectivity index (χ3v) is 9.47. The molecule has 0 radical (unpaired) electrons. The highest BCUT2D eigenvalue weighted by atomic mass is 15.2. The van der Waals surface area contributed by atoms with Crippen molar-refractivity contribution in [1.29, 1.82) is 0 Å². The number of para-hydroxylation sites is 2. The standard InChI is InChI=1S/C44H32N2/c1-3-17-35(18-4-1)45(41-23-11-15-33-29-31-13-7-9-21-39(31)43(33)41)37-25-27-38(28-26-37)46(36-19-5-2-6-20-36)42-24-12-16-34-30-32-14-8-10-22-40(32)44(34)42/h1-28H,29-30H2. The van der Waals surface area contributed by atoms with Gasteiger partial charge in [0.25, 0.3) is 0 Å². The molecule has 0 aromatic heterocycles. The second-order valence-corrected chi connectivity index (χ2v) is 12.1. The summed E-state index contributed by atoms with van der Waals surface area (Å²) in [7, 11) is 0. The van der Waals surface area contributed by atoms with E-state index in [-0.39, 0.29) is 0 Å². The van der Waals surface area contributed by atoms with Crippen LogP contribution in [0.3, 0.4) is 0 Å². The maximum atomic E-state index is 2.41. The molecular weight excluding hydrogens is 556 g/mol. The van der Waals surface area contributed by atoms with Crippen LogP contribution in [0.25, 0.3) is 22.3 Å². The van der Waals surface area contributed by atoms with E-state index in [1.54, 1.807) is 0 Å². The molecule has 46 heavy (non-hydrogen) atoms. The Morgan fingerprint density at radius 3 is 1.07 bits per heavy atom. The molecule has 2 aliphatic rings. The van der Waals surface area contributed by atoms with E-state index < -0.39 is 0 Å². The van der Waals surface area contributed by atoms with Gasteiger partial charge in [-0.05, 0) is 107 Å². The van der Waals surface area contributed by atoms with Gasteiger partial charge in [-0.1, -0.05) is 109 Å². The fraction of sp³-hybridized carbons (Fsp3) is 0.0455. The predicted octanol–water partition coefficient (Wildman–Crippen LogP) is 11.8. The van der Waals surface area contributed by atoms with Crippen molar-refractivity contribution < 1.29 is 0 Å². The first kappa shape index (κ1) is 26.5. The van der Waals surface area contributed by atoms with Crippen molar-refractivity contribution in [2.75, 3.05) is 9.80 Å². The first-order chi connectivity index (χ1) is 22.8. The summed E-state index contributed by atoms with van der Waals surface area (Å²) in [5.74, 6) is 0. The Hall–Kier alpha value is -5.86. The molecule has 218 valence electrons. The van der Waals surface area contributed by atoms with Gasteiger partial charge in [-0.15, -0.1) is 0 Å². The van der Waals surface area contributed by atoms with E-state index in [1.807, 2.05) is 0 Å². The lowest BCUT2D eigenvalue weighted by atomic mass is 10.0. The molecular formula is C44H32N2. The Morgan fingerprint density at radius 2 is 0.630 bits per heavy atom. The molecule has 0 saturated carbocycles. The van der Waals surface area contributed by atoms with Crippen LogP contribution in [-0.2, 0) is 12.8 Å². The van der Waals surface area contributed by atoms with Crippen LogP contribution in [0.5, 0.6) is 0 Å². The highest BCUT2D eigenvalue weighted by molar-refractivity contribution is 5.95. The molecule has 2 nitrogen and oxygen atoms in total. The lowest BCUT2D eigenvalue weighted by Gasteiger charge is -2.30. The van der Waals surface area contributed by atoms with Gasteiger partial charge in [0.1, 0.15) is 0 Å². The second-order valence-electron chi connectivity index (χ2n) is 12.1. The van der Waals surface area contributed by atoms with Crippen molar-refractivity contribution in [1.82, 2.24) is 0 Å². The molecule has 0 atom stereocenters. The smallest absolute Gasteiger partial charge is 0.0543 e. The minimum absolute atomic E-state index is 0.970. The Kier molecular flexibility index (Phi) is 6.31. The number of nitrogens with zero attached hydrogens (tertiary/aromatic N) is 2. The van der Waals surface area contributed by atoms with Gasteiger partial charge < -0.3 is 9.80 Å². The molecule has 0 heterocycles. The van der Waals surface area contributed by atoms with E-state index in [1.165, 1.54) is 55.9 Å². The molecule has 7 aromatic carbocycles. The van der Waals surface area contributed by atoms with Crippen molar-refractivity contribution in [3.8, 4) is 22.3 Å². The quantitative estimate of drug-likeness (QED) is 0.191. The first-order valence-electron chi connectivity index (χ1n) is 16.0. The van der Waals surface area contributed by atoms with E-state index in [0.29, 0.717) is 0 Å². The summed E-state index contributed by atoms with van der Waals surface area (Å²) in [6.45, 7) is 0. The average Bonchev–Trinajstić information content (AvgIpc) is 3.70. The lowest BCUT2D eigenvalue weighted by Crippen LogP contribution is -2.13. The summed E-state index contributed by atoms with van der Waals surface area (Å²) in [6.07, 6.45) is 1.94. The van der Waals surface area contributed by atoms with Crippen molar-refractivity contribution in [2.24, 2.45) is 0 Å². The van der Waals surface area contributed by atoms with Gasteiger partial charge in [0, 0.05) is 33.9 Å². The van der Waals surface area contributed by atoms with Gasteiger partial charge in [-0.3, -0.25) is 0 Å².